The molecular weight excluding hydrogens is 439 g/mol. The highest BCUT2D eigenvalue weighted by molar-refractivity contribution is 7.80. The van der Waals surface area contributed by atoms with Gasteiger partial charge in [0.15, 0.2) is 23.0 Å². The van der Waals surface area contributed by atoms with Crippen LogP contribution in [0.3, 0.4) is 0 Å². The second-order valence-corrected chi connectivity index (χ2v) is 9.38. The third-order valence-corrected chi connectivity index (χ3v) is 8.30. The van der Waals surface area contributed by atoms with E-state index in [-0.39, 0.29) is 0 Å². The van der Waals surface area contributed by atoms with Gasteiger partial charge in [-0.15, -0.1) is 0 Å². The Labute approximate surface area is 197 Å². The van der Waals surface area contributed by atoms with Gasteiger partial charge in [-0.2, -0.15) is 0 Å². The summed E-state index contributed by atoms with van der Waals surface area (Å²) >= 11 is 0. The Balaban J connectivity index is 2.44. The largest absolute Gasteiger partial charge is 0.493 e. The highest BCUT2D eigenvalue weighted by Gasteiger charge is 2.30. The quantitative estimate of drug-likeness (QED) is 0.439. The SMILES string of the molecule is COc1ccc(P(c2cccc(C)c2C)c2ccc(OC)c(OC)c2OC)c(OC)c1OC. The molecule has 0 aromatic heterocycles. The van der Waals surface area contributed by atoms with E-state index in [9.17, 15) is 0 Å². The lowest BCUT2D eigenvalue weighted by Gasteiger charge is -2.27. The van der Waals surface area contributed by atoms with Crippen LogP contribution in [0.25, 0.3) is 0 Å². The third kappa shape index (κ3) is 4.40. The van der Waals surface area contributed by atoms with Gasteiger partial charge < -0.3 is 28.4 Å². The Morgan fingerprint density at radius 1 is 0.485 bits per heavy atom. The summed E-state index contributed by atoms with van der Waals surface area (Å²) in [7, 11) is 8.60. The lowest BCUT2D eigenvalue weighted by atomic mass is 10.1. The van der Waals surface area contributed by atoms with Crippen molar-refractivity contribution in [2.45, 2.75) is 13.8 Å². The molecule has 0 aliphatic carbocycles. The first kappa shape index (κ1) is 24.5. The van der Waals surface area contributed by atoms with Crippen molar-refractivity contribution < 1.29 is 28.4 Å². The van der Waals surface area contributed by atoms with Crippen molar-refractivity contribution in [2.24, 2.45) is 0 Å². The summed E-state index contributed by atoms with van der Waals surface area (Å²) in [6.07, 6.45) is 0. The van der Waals surface area contributed by atoms with Gasteiger partial charge in [-0.1, -0.05) is 18.2 Å². The fourth-order valence-electron chi connectivity index (χ4n) is 3.89. The van der Waals surface area contributed by atoms with Gasteiger partial charge in [0.05, 0.1) is 42.7 Å². The molecule has 3 aromatic rings. The first-order valence-electron chi connectivity index (χ1n) is 10.4. The molecule has 0 spiro atoms. The number of hydrogen-bond donors (Lipinski definition) is 0. The van der Waals surface area contributed by atoms with E-state index < -0.39 is 7.92 Å². The van der Waals surface area contributed by atoms with Crippen LogP contribution in [0.5, 0.6) is 34.5 Å². The molecule has 0 atom stereocenters. The molecular formula is C26H31O6P. The maximum Gasteiger partial charge on any atom is 0.203 e. The summed E-state index contributed by atoms with van der Waals surface area (Å²) < 4.78 is 34.2. The van der Waals surface area contributed by atoms with E-state index in [1.165, 1.54) is 16.4 Å². The van der Waals surface area contributed by atoms with Crippen LogP contribution >= 0.6 is 7.92 Å². The highest BCUT2D eigenvalue weighted by Crippen LogP contribution is 2.49. The van der Waals surface area contributed by atoms with Gasteiger partial charge in [-0.25, -0.2) is 0 Å². The Morgan fingerprint density at radius 2 is 0.939 bits per heavy atom. The Bertz CT molecular complexity index is 1060. The van der Waals surface area contributed by atoms with Gasteiger partial charge in [0.2, 0.25) is 11.5 Å². The minimum atomic E-state index is -1.14. The molecule has 0 N–H and O–H groups in total. The van der Waals surface area contributed by atoms with E-state index in [1.807, 2.05) is 24.3 Å². The van der Waals surface area contributed by atoms with Crippen molar-refractivity contribution in [2.75, 3.05) is 42.7 Å². The molecule has 0 unspecified atom stereocenters. The first-order chi connectivity index (χ1) is 16.0. The summed E-state index contributed by atoms with van der Waals surface area (Å²) in [4.78, 5) is 0. The van der Waals surface area contributed by atoms with Crippen molar-refractivity contribution in [1.82, 2.24) is 0 Å². The minimum absolute atomic E-state index is 0.551. The fraction of sp³-hybridized carbons (Fsp3) is 0.308. The van der Waals surface area contributed by atoms with Crippen molar-refractivity contribution >= 4 is 23.8 Å². The van der Waals surface area contributed by atoms with E-state index in [1.54, 1.807) is 42.7 Å². The summed E-state index contributed by atoms with van der Waals surface area (Å²) in [6.45, 7) is 4.25. The normalized spacial score (nSPS) is 10.7. The predicted molar refractivity (Wildman–Crippen MR) is 134 cm³/mol. The van der Waals surface area contributed by atoms with Crippen molar-refractivity contribution in [3.8, 4) is 34.5 Å². The first-order valence-corrected chi connectivity index (χ1v) is 11.8. The lowest BCUT2D eigenvalue weighted by molar-refractivity contribution is 0.325. The predicted octanol–water partition coefficient (Wildman–Crippen LogP) is 4.11. The number of methoxy groups -OCH3 is 6. The van der Waals surface area contributed by atoms with Gasteiger partial charge in [0.1, 0.15) is 0 Å². The average molecular weight is 471 g/mol. The van der Waals surface area contributed by atoms with Crippen LogP contribution in [0.2, 0.25) is 0 Å². The zero-order valence-electron chi connectivity index (χ0n) is 20.4. The Hall–Kier alpha value is -3.11. The summed E-state index contributed by atoms with van der Waals surface area (Å²) in [5, 5.41) is 3.13. The topological polar surface area (TPSA) is 55.4 Å². The molecule has 33 heavy (non-hydrogen) atoms. The smallest absolute Gasteiger partial charge is 0.203 e. The molecule has 0 saturated heterocycles. The second-order valence-electron chi connectivity index (χ2n) is 7.26. The van der Waals surface area contributed by atoms with Crippen LogP contribution in [-0.4, -0.2) is 42.7 Å². The van der Waals surface area contributed by atoms with E-state index >= 15 is 0 Å². The Kier molecular flexibility index (Phi) is 7.93. The van der Waals surface area contributed by atoms with Crippen molar-refractivity contribution in [3.05, 3.63) is 53.6 Å². The zero-order chi connectivity index (χ0) is 24.1. The number of hydrogen-bond acceptors (Lipinski definition) is 6. The molecule has 0 bridgehead atoms. The van der Waals surface area contributed by atoms with Gasteiger partial charge in [0.25, 0.3) is 0 Å². The van der Waals surface area contributed by atoms with Crippen molar-refractivity contribution in [3.63, 3.8) is 0 Å². The molecule has 0 saturated carbocycles. The molecule has 0 heterocycles. The number of rotatable bonds is 9. The van der Waals surface area contributed by atoms with E-state index in [2.05, 4.69) is 32.0 Å². The molecule has 176 valence electrons. The van der Waals surface area contributed by atoms with E-state index in [0.29, 0.717) is 34.5 Å². The standard InChI is InChI=1S/C26H31O6P/c1-16-10-9-11-20(17(16)2)33(21-14-12-18(27-3)23(29-5)25(21)31-7)22-15-13-19(28-4)24(30-6)26(22)32-8/h9-15H,1-8H3. The number of aryl methyl sites for hydroxylation is 1. The van der Waals surface area contributed by atoms with Gasteiger partial charge >= 0.3 is 0 Å². The molecule has 7 heteroatoms. The molecule has 3 rings (SSSR count). The van der Waals surface area contributed by atoms with E-state index in [0.717, 1.165) is 10.6 Å². The van der Waals surface area contributed by atoms with Gasteiger partial charge in [-0.3, -0.25) is 0 Å². The highest BCUT2D eigenvalue weighted by atomic mass is 31.1. The second kappa shape index (κ2) is 10.7. The molecule has 3 aromatic carbocycles. The molecule has 0 aliphatic rings. The van der Waals surface area contributed by atoms with Crippen LogP contribution in [0, 0.1) is 13.8 Å². The maximum atomic E-state index is 5.89. The number of ether oxygens (including phenoxy) is 6. The monoisotopic (exact) mass is 470 g/mol. The van der Waals surface area contributed by atoms with Crippen LogP contribution in [0.15, 0.2) is 42.5 Å². The van der Waals surface area contributed by atoms with Gasteiger partial charge in [0, 0.05) is 10.6 Å². The Morgan fingerprint density at radius 3 is 1.33 bits per heavy atom. The zero-order valence-corrected chi connectivity index (χ0v) is 21.3. The summed E-state index contributed by atoms with van der Waals surface area (Å²) in [5.41, 5.74) is 2.41. The van der Waals surface area contributed by atoms with Crippen LogP contribution in [0.1, 0.15) is 11.1 Å². The molecule has 6 nitrogen and oxygen atoms in total. The maximum absolute atomic E-state index is 5.89. The molecule has 0 amide bonds. The average Bonchev–Trinajstić information content (AvgIpc) is 2.85. The molecule has 0 aliphatic heterocycles. The van der Waals surface area contributed by atoms with Crippen molar-refractivity contribution in [1.29, 1.82) is 0 Å². The summed E-state index contributed by atoms with van der Waals surface area (Å²) in [5.74, 6) is 3.56. The minimum Gasteiger partial charge on any atom is -0.493 e. The summed E-state index contributed by atoms with van der Waals surface area (Å²) in [6, 6.07) is 14.2. The lowest BCUT2D eigenvalue weighted by Crippen LogP contribution is -2.26. The molecule has 0 radical (unpaired) electrons. The number of benzene rings is 3. The molecule has 0 fully saturated rings. The van der Waals surface area contributed by atoms with Gasteiger partial charge in [-0.05, 0) is 62.5 Å². The van der Waals surface area contributed by atoms with Crippen LogP contribution < -0.4 is 44.3 Å². The van der Waals surface area contributed by atoms with Crippen LogP contribution in [0.4, 0.5) is 0 Å². The fourth-order valence-corrected chi connectivity index (χ4v) is 6.65. The third-order valence-electron chi connectivity index (χ3n) is 5.67. The van der Waals surface area contributed by atoms with Crippen LogP contribution in [-0.2, 0) is 0 Å². The van der Waals surface area contributed by atoms with E-state index in [4.69, 9.17) is 28.4 Å².